The van der Waals surface area contributed by atoms with Crippen LogP contribution in [0.25, 0.3) is 0 Å². The number of hydrogen-bond donors (Lipinski definition) is 4. The smallest absolute Gasteiger partial charge is 0.405 e. The van der Waals surface area contributed by atoms with Crippen molar-refractivity contribution in [3.63, 3.8) is 0 Å². The number of ketones is 2. The molecule has 218 valence electrons. The largest absolute Gasteiger partial charge is 0.441 e. The normalized spacial score (nSPS) is 28.9. The molecular weight excluding hydrogens is 512 g/mol. The second-order valence-corrected chi connectivity index (χ2v) is 10.5. The molecule has 0 saturated carbocycles. The van der Waals surface area contributed by atoms with Gasteiger partial charge in [0.1, 0.15) is 6.10 Å². The topological polar surface area (TPSA) is 156 Å². The van der Waals surface area contributed by atoms with Crippen LogP contribution < -0.4 is 11.1 Å². The first-order valence-electron chi connectivity index (χ1n) is 13.7. The summed E-state index contributed by atoms with van der Waals surface area (Å²) in [5.74, 6) is -1.98. The molecule has 2 bridgehead atoms. The molecule has 0 unspecified atom stereocenters. The molecule has 2 aliphatic rings. The molecular formula is C31H42N2O7. The summed E-state index contributed by atoms with van der Waals surface area (Å²) in [6, 6.07) is 0. The Kier molecular flexibility index (Phi) is 13.0. The number of rotatable bonds is 6. The Hall–Kier alpha value is -3.56. The second kappa shape index (κ2) is 15.9. The first kappa shape index (κ1) is 32.7. The Balaban J connectivity index is 2.51. The highest BCUT2D eigenvalue weighted by Crippen LogP contribution is 2.31. The summed E-state index contributed by atoms with van der Waals surface area (Å²) >= 11 is 0. The number of aliphatic hydroxyl groups is 2. The van der Waals surface area contributed by atoms with Crippen molar-refractivity contribution in [1.82, 2.24) is 5.32 Å². The Morgan fingerprint density at radius 1 is 1.23 bits per heavy atom. The first-order valence-corrected chi connectivity index (χ1v) is 13.7. The number of hydrogen-bond acceptors (Lipinski definition) is 7. The van der Waals surface area contributed by atoms with Crippen LogP contribution in [-0.4, -0.2) is 53.1 Å². The molecule has 4 atom stereocenters. The fourth-order valence-corrected chi connectivity index (χ4v) is 5.05. The number of primary amides is 1. The van der Waals surface area contributed by atoms with Gasteiger partial charge in [0.25, 0.3) is 5.91 Å². The van der Waals surface area contributed by atoms with Gasteiger partial charge in [0.15, 0.2) is 5.78 Å². The SMILES string of the molecule is C=CCCC1=C2C[C@@H](C)C[C@H](CO)CC/C=C(\C)[C@H](OC(N)=O)[C@@H](CO)/C=C\C=C(/C)C(=O)NC(=CC1=O)C2=O. The van der Waals surface area contributed by atoms with Gasteiger partial charge in [0.05, 0.1) is 12.3 Å². The van der Waals surface area contributed by atoms with Gasteiger partial charge in [-0.25, -0.2) is 4.79 Å². The molecule has 9 heteroatoms. The van der Waals surface area contributed by atoms with E-state index < -0.39 is 24.0 Å². The van der Waals surface area contributed by atoms with E-state index in [1.807, 2.05) is 13.0 Å². The maximum absolute atomic E-state index is 13.5. The first-order chi connectivity index (χ1) is 19.0. The van der Waals surface area contributed by atoms with Gasteiger partial charge in [-0.2, -0.15) is 0 Å². The van der Waals surface area contributed by atoms with Crippen LogP contribution in [0.1, 0.15) is 59.3 Å². The lowest BCUT2D eigenvalue weighted by atomic mass is 9.81. The molecule has 0 spiro atoms. The molecule has 0 saturated heterocycles. The van der Waals surface area contributed by atoms with Gasteiger partial charge in [-0.3, -0.25) is 14.4 Å². The van der Waals surface area contributed by atoms with Gasteiger partial charge in [0, 0.05) is 35.3 Å². The van der Waals surface area contributed by atoms with Gasteiger partial charge in [-0.05, 0) is 69.8 Å². The Bertz CT molecular complexity index is 1140. The lowest BCUT2D eigenvalue weighted by Gasteiger charge is -2.24. The van der Waals surface area contributed by atoms with E-state index >= 15 is 0 Å². The standard InChI is InChI=1S/C31H42N2O7/c1-5-6-13-24-25-15-19(2)14-22(17-34)11-7-9-20(3)29(40-31(32)39)23(18-35)12-8-10-21(4)30(38)33-26(28(25)37)16-27(24)36/h5,8-10,12,16,19,22-23,29,34-35H,1,6-7,11,13-15,17-18H2,2-4H3,(H2,32,39)(H,33,38)/b12-8-,20-9+,21-10+/t19-,22+,23+,29-/m0/s1. The van der Waals surface area contributed by atoms with E-state index in [4.69, 9.17) is 10.5 Å². The van der Waals surface area contributed by atoms with E-state index in [-0.39, 0.29) is 47.9 Å². The summed E-state index contributed by atoms with van der Waals surface area (Å²) in [5.41, 5.74) is 7.00. The lowest BCUT2D eigenvalue weighted by Crippen LogP contribution is -2.33. The van der Waals surface area contributed by atoms with Gasteiger partial charge >= 0.3 is 6.09 Å². The maximum atomic E-state index is 13.5. The van der Waals surface area contributed by atoms with Gasteiger partial charge in [-0.1, -0.05) is 37.3 Å². The van der Waals surface area contributed by atoms with Gasteiger partial charge in [-0.15, -0.1) is 6.58 Å². The fraction of sp³-hybridized carbons (Fsp3) is 0.484. The third kappa shape index (κ3) is 9.27. The summed E-state index contributed by atoms with van der Waals surface area (Å²) in [6.45, 7) is 8.63. The van der Waals surface area contributed by atoms with Crippen molar-refractivity contribution in [3.8, 4) is 0 Å². The maximum Gasteiger partial charge on any atom is 0.405 e. The van der Waals surface area contributed by atoms with Crippen molar-refractivity contribution in [2.24, 2.45) is 23.5 Å². The number of nitrogens with one attached hydrogen (secondary N) is 1. The highest BCUT2D eigenvalue weighted by molar-refractivity contribution is 6.23. The van der Waals surface area contributed by atoms with E-state index in [1.165, 1.54) is 12.2 Å². The van der Waals surface area contributed by atoms with Crippen molar-refractivity contribution >= 4 is 23.6 Å². The molecule has 0 radical (unpaired) electrons. The van der Waals surface area contributed by atoms with Crippen molar-refractivity contribution in [2.45, 2.75) is 65.4 Å². The zero-order chi connectivity index (χ0) is 29.8. The molecule has 2 rings (SSSR count). The number of Topliss-reactive ketones (excluding diaryl/α,β-unsaturated/α-hetero) is 1. The quantitative estimate of drug-likeness (QED) is 0.288. The predicted octanol–water partition coefficient (Wildman–Crippen LogP) is 3.74. The van der Waals surface area contributed by atoms with Crippen LogP contribution in [0, 0.1) is 17.8 Å². The molecule has 5 N–H and O–H groups in total. The summed E-state index contributed by atoms with van der Waals surface area (Å²) in [5, 5.41) is 22.6. The molecule has 1 aliphatic carbocycles. The van der Waals surface area contributed by atoms with Crippen LogP contribution in [0.3, 0.4) is 0 Å². The van der Waals surface area contributed by atoms with Crippen LogP contribution in [0.15, 0.2) is 71.0 Å². The van der Waals surface area contributed by atoms with Crippen molar-refractivity contribution in [2.75, 3.05) is 13.2 Å². The van der Waals surface area contributed by atoms with Crippen molar-refractivity contribution < 1.29 is 34.1 Å². The fourth-order valence-electron chi connectivity index (χ4n) is 5.05. The molecule has 1 heterocycles. The number of aliphatic hydroxyl groups excluding tert-OH is 2. The number of amides is 2. The molecule has 0 aromatic heterocycles. The minimum Gasteiger partial charge on any atom is -0.441 e. The van der Waals surface area contributed by atoms with Crippen LogP contribution in [0.4, 0.5) is 4.79 Å². The number of carbonyl (C=O) groups excluding carboxylic acids is 4. The van der Waals surface area contributed by atoms with E-state index in [0.29, 0.717) is 55.2 Å². The van der Waals surface area contributed by atoms with Crippen LogP contribution in [0.5, 0.6) is 0 Å². The Morgan fingerprint density at radius 3 is 2.58 bits per heavy atom. The van der Waals surface area contributed by atoms with Crippen LogP contribution >= 0.6 is 0 Å². The lowest BCUT2D eigenvalue weighted by molar-refractivity contribution is -0.120. The van der Waals surface area contributed by atoms with Crippen molar-refractivity contribution in [3.05, 3.63) is 71.0 Å². The number of nitrogens with two attached hydrogens (primary N) is 1. The molecule has 1 aliphatic heterocycles. The summed E-state index contributed by atoms with van der Waals surface area (Å²) < 4.78 is 5.31. The van der Waals surface area contributed by atoms with Gasteiger partial charge < -0.3 is 26.0 Å². The molecule has 0 aromatic rings. The monoisotopic (exact) mass is 554 g/mol. The highest BCUT2D eigenvalue weighted by Gasteiger charge is 2.31. The second-order valence-electron chi connectivity index (χ2n) is 10.5. The number of allylic oxidation sites excluding steroid dienone is 7. The van der Waals surface area contributed by atoms with E-state index in [1.54, 1.807) is 32.1 Å². The van der Waals surface area contributed by atoms with Crippen LogP contribution in [0.2, 0.25) is 0 Å². The van der Waals surface area contributed by atoms with E-state index in [0.717, 1.165) is 0 Å². The average molecular weight is 555 g/mol. The Labute approximate surface area is 236 Å². The van der Waals surface area contributed by atoms with Gasteiger partial charge in [0.2, 0.25) is 5.78 Å². The number of carbonyl (C=O) groups is 4. The number of ether oxygens (including phenoxy) is 1. The minimum atomic E-state index is -0.975. The molecule has 0 fully saturated rings. The summed E-state index contributed by atoms with van der Waals surface area (Å²) in [4.78, 5) is 51.0. The summed E-state index contributed by atoms with van der Waals surface area (Å²) in [7, 11) is 0. The summed E-state index contributed by atoms with van der Waals surface area (Å²) in [6.07, 6.45) is 10.7. The predicted molar refractivity (Wildman–Crippen MR) is 153 cm³/mol. The average Bonchev–Trinajstić information content (AvgIpc) is 2.90. The minimum absolute atomic E-state index is 0.0274. The Morgan fingerprint density at radius 2 is 1.95 bits per heavy atom. The van der Waals surface area contributed by atoms with Crippen molar-refractivity contribution in [1.29, 1.82) is 0 Å². The number of fused-ring (bicyclic) bond motifs is 2. The third-order valence-corrected chi connectivity index (χ3v) is 7.24. The van der Waals surface area contributed by atoms with E-state index in [2.05, 4.69) is 11.9 Å². The molecule has 9 nitrogen and oxygen atoms in total. The van der Waals surface area contributed by atoms with Crippen LogP contribution in [-0.2, 0) is 19.1 Å². The molecule has 2 amide bonds. The van der Waals surface area contributed by atoms with E-state index in [9.17, 15) is 29.4 Å². The molecule has 40 heavy (non-hydrogen) atoms. The zero-order valence-electron chi connectivity index (χ0n) is 23.7. The zero-order valence-corrected chi connectivity index (χ0v) is 23.7. The third-order valence-electron chi connectivity index (χ3n) is 7.24. The molecule has 0 aromatic carbocycles. The highest BCUT2D eigenvalue weighted by atomic mass is 16.6.